The van der Waals surface area contributed by atoms with Crippen molar-refractivity contribution in [3.05, 3.63) is 70.8 Å². The summed E-state index contributed by atoms with van der Waals surface area (Å²) >= 11 is 0. The molecule has 27 heavy (non-hydrogen) atoms. The molecule has 2 aromatic carbocycles. The Morgan fingerprint density at radius 3 is 1.78 bits per heavy atom. The molecule has 0 aromatic heterocycles. The molecular formula is C27H38. The maximum atomic E-state index is 2.41. The smallest absolute Gasteiger partial charge is 0.0162 e. The van der Waals surface area contributed by atoms with Gasteiger partial charge in [0.25, 0.3) is 0 Å². The second-order valence-electron chi connectivity index (χ2n) is 8.63. The van der Waals surface area contributed by atoms with E-state index < -0.39 is 0 Å². The largest absolute Gasteiger partial charge is 0.0654 e. The molecule has 0 atom stereocenters. The third kappa shape index (κ3) is 6.23. The number of unbranched alkanes of at least 4 members (excludes halogenated alkanes) is 2. The Labute approximate surface area is 167 Å². The van der Waals surface area contributed by atoms with Crippen molar-refractivity contribution in [3.63, 3.8) is 0 Å². The number of rotatable bonds is 9. The molecule has 0 unspecified atom stereocenters. The van der Waals surface area contributed by atoms with Crippen LogP contribution >= 0.6 is 0 Å². The van der Waals surface area contributed by atoms with Gasteiger partial charge in [0.15, 0.2) is 0 Å². The van der Waals surface area contributed by atoms with Crippen molar-refractivity contribution in [3.8, 4) is 0 Å². The Bertz CT molecular complexity index is 641. The van der Waals surface area contributed by atoms with E-state index >= 15 is 0 Å². The third-order valence-electron chi connectivity index (χ3n) is 6.65. The molecule has 0 bridgehead atoms. The van der Waals surface area contributed by atoms with Gasteiger partial charge in [0.1, 0.15) is 0 Å². The topological polar surface area (TPSA) is 0 Å². The molecule has 2 aromatic rings. The summed E-state index contributed by atoms with van der Waals surface area (Å²) in [4.78, 5) is 0. The normalized spacial score (nSPS) is 19.9. The zero-order valence-electron chi connectivity index (χ0n) is 17.6. The molecule has 0 saturated heterocycles. The summed E-state index contributed by atoms with van der Waals surface area (Å²) in [6.45, 7) is 4.53. The molecule has 1 aliphatic carbocycles. The highest BCUT2D eigenvalue weighted by Crippen LogP contribution is 2.37. The van der Waals surface area contributed by atoms with E-state index in [-0.39, 0.29) is 0 Å². The number of hydrogen-bond donors (Lipinski definition) is 0. The first-order chi connectivity index (χ1) is 13.3. The molecule has 1 saturated carbocycles. The molecule has 0 aliphatic heterocycles. The third-order valence-corrected chi connectivity index (χ3v) is 6.65. The highest BCUT2D eigenvalue weighted by Gasteiger charge is 2.21. The van der Waals surface area contributed by atoms with Crippen molar-refractivity contribution in [2.24, 2.45) is 5.92 Å². The minimum Gasteiger partial charge on any atom is -0.0654 e. The minimum absolute atomic E-state index is 0.808. The van der Waals surface area contributed by atoms with Gasteiger partial charge in [-0.3, -0.25) is 0 Å². The Hall–Kier alpha value is -1.56. The first-order valence-corrected chi connectivity index (χ1v) is 11.4. The van der Waals surface area contributed by atoms with Crippen LogP contribution in [0.3, 0.4) is 0 Å². The van der Waals surface area contributed by atoms with Crippen LogP contribution in [0.15, 0.2) is 48.5 Å². The Kier molecular flexibility index (Phi) is 7.99. The fraction of sp³-hybridized carbons (Fsp3) is 0.556. The van der Waals surface area contributed by atoms with E-state index in [4.69, 9.17) is 0 Å². The molecular weight excluding hydrogens is 324 g/mol. The summed E-state index contributed by atoms with van der Waals surface area (Å²) in [7, 11) is 0. The summed E-state index contributed by atoms with van der Waals surface area (Å²) in [6.07, 6.45) is 14.8. The fourth-order valence-electron chi connectivity index (χ4n) is 4.65. The fourth-order valence-corrected chi connectivity index (χ4v) is 4.65. The Balaban J connectivity index is 1.44. The second kappa shape index (κ2) is 10.7. The molecule has 0 spiro atoms. The van der Waals surface area contributed by atoms with Crippen LogP contribution in [0, 0.1) is 5.92 Å². The average Bonchev–Trinajstić information content (AvgIpc) is 2.74. The van der Waals surface area contributed by atoms with Gasteiger partial charge in [0, 0.05) is 0 Å². The SMILES string of the molecule is CCCCC[C@H]1CC[C@H](c2ccc(CCc3ccc(CC)cc3)cc2)CC1. The lowest BCUT2D eigenvalue weighted by Gasteiger charge is -2.29. The molecule has 0 radical (unpaired) electrons. The molecule has 0 nitrogen and oxygen atoms in total. The Morgan fingerprint density at radius 1 is 0.667 bits per heavy atom. The van der Waals surface area contributed by atoms with Crippen molar-refractivity contribution in [1.82, 2.24) is 0 Å². The van der Waals surface area contributed by atoms with E-state index in [1.807, 2.05) is 0 Å². The summed E-state index contributed by atoms with van der Waals surface area (Å²) < 4.78 is 0. The van der Waals surface area contributed by atoms with Crippen LogP contribution in [0.1, 0.15) is 93.4 Å². The van der Waals surface area contributed by atoms with Crippen LogP contribution in [0.25, 0.3) is 0 Å². The van der Waals surface area contributed by atoms with Crippen molar-refractivity contribution in [1.29, 1.82) is 0 Å². The predicted octanol–water partition coefficient (Wildman–Crippen LogP) is 7.89. The van der Waals surface area contributed by atoms with Gasteiger partial charge < -0.3 is 0 Å². The van der Waals surface area contributed by atoms with E-state index in [1.165, 1.54) is 68.1 Å². The van der Waals surface area contributed by atoms with E-state index in [1.54, 1.807) is 5.56 Å². The average molecular weight is 363 g/mol. The summed E-state index contributed by atoms with van der Waals surface area (Å²) in [5.41, 5.74) is 5.95. The molecule has 1 aliphatic rings. The molecule has 0 heteroatoms. The highest BCUT2D eigenvalue weighted by atomic mass is 14.3. The zero-order valence-corrected chi connectivity index (χ0v) is 17.6. The van der Waals surface area contributed by atoms with Crippen molar-refractivity contribution in [2.75, 3.05) is 0 Å². The van der Waals surface area contributed by atoms with Crippen molar-refractivity contribution >= 4 is 0 Å². The maximum absolute atomic E-state index is 2.41. The van der Waals surface area contributed by atoms with Gasteiger partial charge in [-0.15, -0.1) is 0 Å². The predicted molar refractivity (Wildman–Crippen MR) is 119 cm³/mol. The molecule has 0 N–H and O–H groups in total. The first kappa shape index (κ1) is 20.2. The first-order valence-electron chi connectivity index (χ1n) is 11.4. The van der Waals surface area contributed by atoms with Crippen molar-refractivity contribution in [2.45, 2.75) is 90.4 Å². The van der Waals surface area contributed by atoms with E-state index in [9.17, 15) is 0 Å². The summed E-state index contributed by atoms with van der Waals surface area (Å²) in [5.74, 6) is 1.81. The highest BCUT2D eigenvalue weighted by molar-refractivity contribution is 5.28. The van der Waals surface area contributed by atoms with Gasteiger partial charge in [-0.05, 0) is 79.0 Å². The summed E-state index contributed by atoms with van der Waals surface area (Å²) in [5, 5.41) is 0. The molecule has 0 amide bonds. The van der Waals surface area contributed by atoms with E-state index in [0.29, 0.717) is 0 Å². The lowest BCUT2D eigenvalue weighted by Crippen LogP contribution is -2.13. The lowest BCUT2D eigenvalue weighted by molar-refractivity contribution is 0.303. The number of aryl methyl sites for hydroxylation is 3. The van der Waals surface area contributed by atoms with Crippen molar-refractivity contribution < 1.29 is 0 Å². The van der Waals surface area contributed by atoms with Crippen LogP contribution in [-0.2, 0) is 19.3 Å². The van der Waals surface area contributed by atoms with Crippen LogP contribution in [0.5, 0.6) is 0 Å². The van der Waals surface area contributed by atoms with Crippen LogP contribution < -0.4 is 0 Å². The van der Waals surface area contributed by atoms with Crippen LogP contribution in [0.4, 0.5) is 0 Å². The van der Waals surface area contributed by atoms with Gasteiger partial charge in [-0.2, -0.15) is 0 Å². The maximum Gasteiger partial charge on any atom is -0.0162 e. The molecule has 3 rings (SSSR count). The van der Waals surface area contributed by atoms with Gasteiger partial charge in [-0.1, -0.05) is 88.1 Å². The Morgan fingerprint density at radius 2 is 1.22 bits per heavy atom. The minimum atomic E-state index is 0.808. The molecule has 146 valence electrons. The second-order valence-corrected chi connectivity index (χ2v) is 8.63. The summed E-state index contributed by atoms with van der Waals surface area (Å²) in [6, 6.07) is 18.7. The van der Waals surface area contributed by atoms with E-state index in [0.717, 1.165) is 31.1 Å². The van der Waals surface area contributed by atoms with Crippen LogP contribution in [-0.4, -0.2) is 0 Å². The standard InChI is InChI=1S/C27H38/c1-3-5-6-7-23-14-18-26(19-15-23)27-20-16-25(17-21-27)13-12-24-10-8-22(4-2)9-11-24/h8-11,16-17,20-21,23,26H,3-7,12-15,18-19H2,1-2H3/t23-,26-. The van der Waals surface area contributed by atoms with Gasteiger partial charge in [0.2, 0.25) is 0 Å². The molecule has 0 heterocycles. The van der Waals surface area contributed by atoms with Gasteiger partial charge in [0.05, 0.1) is 0 Å². The monoisotopic (exact) mass is 362 g/mol. The van der Waals surface area contributed by atoms with Gasteiger partial charge >= 0.3 is 0 Å². The quantitative estimate of drug-likeness (QED) is 0.398. The van der Waals surface area contributed by atoms with Gasteiger partial charge in [-0.25, -0.2) is 0 Å². The number of hydrogen-bond acceptors (Lipinski definition) is 0. The number of benzene rings is 2. The van der Waals surface area contributed by atoms with Crippen LogP contribution in [0.2, 0.25) is 0 Å². The van der Waals surface area contributed by atoms with E-state index in [2.05, 4.69) is 62.4 Å². The lowest BCUT2D eigenvalue weighted by atomic mass is 9.77. The zero-order chi connectivity index (χ0) is 18.9. The molecule has 1 fully saturated rings.